The van der Waals surface area contributed by atoms with E-state index < -0.39 is 17.4 Å². The van der Waals surface area contributed by atoms with Gasteiger partial charge in [-0.15, -0.1) is 0 Å². The zero-order chi connectivity index (χ0) is 14.9. The minimum absolute atomic E-state index is 0.120. The number of carbonyl (C=O) groups is 3. The summed E-state index contributed by atoms with van der Waals surface area (Å²) in [5.41, 5.74) is -0.0999. The molecule has 0 bridgehead atoms. The highest BCUT2D eigenvalue weighted by molar-refractivity contribution is 6.06. The lowest BCUT2D eigenvalue weighted by Gasteiger charge is -2.27. The van der Waals surface area contributed by atoms with Crippen LogP contribution in [0.1, 0.15) is 38.3 Å². The fourth-order valence-corrected chi connectivity index (χ4v) is 2.49. The average Bonchev–Trinajstić information content (AvgIpc) is 2.57. The highest BCUT2D eigenvalue weighted by atomic mass is 16.4. The van der Waals surface area contributed by atoms with Crippen molar-refractivity contribution in [3.8, 4) is 0 Å². The summed E-state index contributed by atoms with van der Waals surface area (Å²) >= 11 is 0. The number of benzene rings is 1. The Labute approximate surface area is 117 Å². The molecule has 2 amide bonds. The minimum atomic E-state index is -1.04. The van der Waals surface area contributed by atoms with Gasteiger partial charge in [0.15, 0.2) is 0 Å². The number of carboxylic acid groups (broad SMARTS) is 1. The number of aliphatic carboxylic acids is 1. The molecular weight excluding hydrogens is 258 g/mol. The highest BCUT2D eigenvalue weighted by Crippen LogP contribution is 2.38. The van der Waals surface area contributed by atoms with Gasteiger partial charge in [0.25, 0.3) is 0 Å². The van der Waals surface area contributed by atoms with Crippen molar-refractivity contribution in [2.24, 2.45) is 5.41 Å². The summed E-state index contributed by atoms with van der Waals surface area (Å²) in [4.78, 5) is 36.6. The fraction of sp³-hybridized carbons (Fsp3) is 0.400. The first-order valence-corrected chi connectivity index (χ1v) is 6.46. The molecule has 1 fully saturated rings. The second-order valence-corrected chi connectivity index (χ2v) is 5.65. The van der Waals surface area contributed by atoms with E-state index in [4.69, 9.17) is 5.11 Å². The molecule has 1 aromatic carbocycles. The number of amides is 2. The molecule has 1 unspecified atom stereocenters. The van der Waals surface area contributed by atoms with Gasteiger partial charge in [0, 0.05) is 6.42 Å². The highest BCUT2D eigenvalue weighted by Gasteiger charge is 2.48. The van der Waals surface area contributed by atoms with Crippen LogP contribution in [-0.2, 0) is 14.4 Å². The van der Waals surface area contributed by atoms with E-state index in [0.717, 1.165) is 4.90 Å². The minimum Gasteiger partial charge on any atom is -0.481 e. The predicted molar refractivity (Wildman–Crippen MR) is 71.7 cm³/mol. The summed E-state index contributed by atoms with van der Waals surface area (Å²) < 4.78 is 0. The SMILES string of the molecule is CC1(C)CC(=O)N(C(CC(=O)O)c2ccccc2)C1=O. The molecule has 1 heterocycles. The largest absolute Gasteiger partial charge is 0.481 e. The molecule has 0 saturated carbocycles. The molecular formula is C15H17NO4. The first kappa shape index (κ1) is 14.2. The third kappa shape index (κ3) is 2.57. The van der Waals surface area contributed by atoms with E-state index in [1.54, 1.807) is 44.2 Å². The molecule has 0 aromatic heterocycles. The topological polar surface area (TPSA) is 74.7 Å². The van der Waals surface area contributed by atoms with Crippen LogP contribution in [0.2, 0.25) is 0 Å². The van der Waals surface area contributed by atoms with Gasteiger partial charge in [0.1, 0.15) is 0 Å². The Hall–Kier alpha value is -2.17. The number of carboxylic acids is 1. The molecule has 1 atom stereocenters. The van der Waals surface area contributed by atoms with Crippen molar-refractivity contribution in [2.75, 3.05) is 0 Å². The first-order valence-electron chi connectivity index (χ1n) is 6.46. The summed E-state index contributed by atoms with van der Waals surface area (Å²) in [6, 6.07) is 8.06. The molecule has 2 rings (SSSR count). The first-order chi connectivity index (χ1) is 9.33. The zero-order valence-electron chi connectivity index (χ0n) is 11.5. The van der Waals surface area contributed by atoms with Crippen molar-refractivity contribution in [3.63, 3.8) is 0 Å². The number of hydrogen-bond donors (Lipinski definition) is 1. The van der Waals surface area contributed by atoms with Gasteiger partial charge in [-0.2, -0.15) is 0 Å². The van der Waals surface area contributed by atoms with E-state index in [-0.39, 0.29) is 24.7 Å². The molecule has 5 nitrogen and oxygen atoms in total. The molecule has 1 aliphatic rings. The molecule has 0 radical (unpaired) electrons. The van der Waals surface area contributed by atoms with Crippen LogP contribution in [0, 0.1) is 5.41 Å². The van der Waals surface area contributed by atoms with Gasteiger partial charge in [0.2, 0.25) is 11.8 Å². The lowest BCUT2D eigenvalue weighted by molar-refractivity contribution is -0.146. The Morgan fingerprint density at radius 1 is 1.30 bits per heavy atom. The number of rotatable bonds is 4. The number of hydrogen-bond acceptors (Lipinski definition) is 3. The van der Waals surface area contributed by atoms with Crippen LogP contribution in [0.5, 0.6) is 0 Å². The third-order valence-electron chi connectivity index (χ3n) is 3.52. The van der Waals surface area contributed by atoms with E-state index in [1.807, 2.05) is 0 Å². The van der Waals surface area contributed by atoms with Gasteiger partial charge in [-0.3, -0.25) is 19.3 Å². The normalized spacial score (nSPS) is 19.2. The van der Waals surface area contributed by atoms with Crippen molar-refractivity contribution >= 4 is 17.8 Å². The monoisotopic (exact) mass is 275 g/mol. The smallest absolute Gasteiger partial charge is 0.305 e. The molecule has 1 aromatic rings. The van der Waals surface area contributed by atoms with E-state index in [9.17, 15) is 14.4 Å². The average molecular weight is 275 g/mol. The van der Waals surface area contributed by atoms with Crippen LogP contribution >= 0.6 is 0 Å². The summed E-state index contributed by atoms with van der Waals surface area (Å²) in [5.74, 6) is -1.66. The summed E-state index contributed by atoms with van der Waals surface area (Å²) in [6.45, 7) is 3.41. The fourth-order valence-electron chi connectivity index (χ4n) is 2.49. The summed E-state index contributed by atoms with van der Waals surface area (Å²) in [7, 11) is 0. The molecule has 1 N–H and O–H groups in total. The van der Waals surface area contributed by atoms with Crippen LogP contribution in [-0.4, -0.2) is 27.8 Å². The van der Waals surface area contributed by atoms with Gasteiger partial charge < -0.3 is 5.11 Å². The zero-order valence-corrected chi connectivity index (χ0v) is 11.5. The van der Waals surface area contributed by atoms with Gasteiger partial charge in [-0.1, -0.05) is 44.2 Å². The Bertz CT molecular complexity index is 550. The molecule has 5 heteroatoms. The number of carbonyl (C=O) groups excluding carboxylic acids is 2. The van der Waals surface area contributed by atoms with Crippen molar-refractivity contribution in [3.05, 3.63) is 35.9 Å². The van der Waals surface area contributed by atoms with E-state index in [2.05, 4.69) is 0 Å². The maximum absolute atomic E-state index is 12.3. The van der Waals surface area contributed by atoms with Crippen LogP contribution in [0.25, 0.3) is 0 Å². The molecule has 106 valence electrons. The Kier molecular flexibility index (Phi) is 3.61. The molecule has 20 heavy (non-hydrogen) atoms. The Balaban J connectivity index is 2.40. The van der Waals surface area contributed by atoms with Crippen LogP contribution < -0.4 is 0 Å². The maximum Gasteiger partial charge on any atom is 0.305 e. The molecule has 1 saturated heterocycles. The standard InChI is InChI=1S/C15H17NO4/c1-15(2)9-12(17)16(14(15)20)11(8-13(18)19)10-6-4-3-5-7-10/h3-7,11H,8-9H2,1-2H3,(H,18,19). The number of likely N-dealkylation sites (tertiary alicyclic amines) is 1. The second kappa shape index (κ2) is 5.07. The van der Waals surface area contributed by atoms with Gasteiger partial charge in [-0.05, 0) is 5.56 Å². The number of nitrogens with zero attached hydrogens (tertiary/aromatic N) is 1. The van der Waals surface area contributed by atoms with Crippen molar-refractivity contribution in [2.45, 2.75) is 32.7 Å². The number of imide groups is 1. The van der Waals surface area contributed by atoms with Gasteiger partial charge in [0.05, 0.1) is 17.9 Å². The Morgan fingerprint density at radius 2 is 1.90 bits per heavy atom. The van der Waals surface area contributed by atoms with Crippen LogP contribution in [0.4, 0.5) is 0 Å². The van der Waals surface area contributed by atoms with Crippen LogP contribution in [0.15, 0.2) is 30.3 Å². The van der Waals surface area contributed by atoms with E-state index in [1.165, 1.54) is 0 Å². The Morgan fingerprint density at radius 3 is 2.35 bits per heavy atom. The van der Waals surface area contributed by atoms with Gasteiger partial charge in [-0.25, -0.2) is 0 Å². The molecule has 1 aliphatic heterocycles. The summed E-state index contributed by atoms with van der Waals surface area (Å²) in [6.07, 6.45) is -0.160. The maximum atomic E-state index is 12.3. The van der Waals surface area contributed by atoms with Crippen LogP contribution in [0.3, 0.4) is 0 Å². The van der Waals surface area contributed by atoms with Gasteiger partial charge >= 0.3 is 5.97 Å². The van der Waals surface area contributed by atoms with Crippen molar-refractivity contribution in [1.82, 2.24) is 4.90 Å². The molecule has 0 spiro atoms. The van der Waals surface area contributed by atoms with E-state index in [0.29, 0.717) is 5.56 Å². The quantitative estimate of drug-likeness (QED) is 0.853. The second-order valence-electron chi connectivity index (χ2n) is 5.65. The lowest BCUT2D eigenvalue weighted by Crippen LogP contribution is -2.37. The predicted octanol–water partition coefficient (Wildman–Crippen LogP) is 1.99. The lowest BCUT2D eigenvalue weighted by atomic mass is 9.91. The summed E-state index contributed by atoms with van der Waals surface area (Å²) in [5, 5.41) is 9.06. The van der Waals surface area contributed by atoms with Crippen molar-refractivity contribution in [1.29, 1.82) is 0 Å². The molecule has 0 aliphatic carbocycles. The third-order valence-corrected chi connectivity index (χ3v) is 3.52. The van der Waals surface area contributed by atoms with Crippen molar-refractivity contribution < 1.29 is 19.5 Å². The van der Waals surface area contributed by atoms with E-state index >= 15 is 0 Å².